The predicted molar refractivity (Wildman–Crippen MR) is 70.8 cm³/mol. The molecule has 19 heavy (non-hydrogen) atoms. The molecule has 3 atom stereocenters. The van der Waals surface area contributed by atoms with Gasteiger partial charge in [-0.3, -0.25) is 4.79 Å². The Morgan fingerprint density at radius 1 is 1.42 bits per heavy atom. The van der Waals surface area contributed by atoms with Crippen LogP contribution >= 0.6 is 0 Å². The smallest absolute Gasteiger partial charge is 0.317 e. The lowest BCUT2D eigenvalue weighted by Crippen LogP contribution is -2.46. The highest BCUT2D eigenvalue weighted by molar-refractivity contribution is 5.74. The van der Waals surface area contributed by atoms with E-state index in [1.165, 1.54) is 4.90 Å². The largest absolute Gasteiger partial charge is 0.481 e. The van der Waals surface area contributed by atoms with Crippen LogP contribution in [0.5, 0.6) is 0 Å². The third-order valence-corrected chi connectivity index (χ3v) is 3.58. The quantitative estimate of drug-likeness (QED) is 0.697. The fourth-order valence-electron chi connectivity index (χ4n) is 2.31. The zero-order chi connectivity index (χ0) is 14.4. The number of carbonyl (C=O) groups excluding carboxylic acids is 1. The highest BCUT2D eigenvalue weighted by Crippen LogP contribution is 2.24. The minimum Gasteiger partial charge on any atom is -0.481 e. The number of hydrogen-bond donors (Lipinski definition) is 3. The Bertz CT molecular complexity index is 320. The minimum absolute atomic E-state index is 0.0589. The van der Waals surface area contributed by atoms with Gasteiger partial charge in [0.05, 0.1) is 12.0 Å². The van der Waals surface area contributed by atoms with Crippen LogP contribution in [0.3, 0.4) is 0 Å². The van der Waals surface area contributed by atoms with Gasteiger partial charge in [0.25, 0.3) is 0 Å². The van der Waals surface area contributed by atoms with E-state index in [1.54, 1.807) is 14.0 Å². The van der Waals surface area contributed by atoms with Gasteiger partial charge in [0.2, 0.25) is 0 Å². The first-order valence-corrected chi connectivity index (χ1v) is 6.82. The zero-order valence-electron chi connectivity index (χ0n) is 11.6. The zero-order valence-corrected chi connectivity index (χ0v) is 11.6. The van der Waals surface area contributed by atoms with Crippen LogP contribution in [0.15, 0.2) is 0 Å². The van der Waals surface area contributed by atoms with Crippen molar-refractivity contribution in [1.82, 2.24) is 10.2 Å². The molecule has 3 N–H and O–H groups in total. The number of carboxylic acid groups (broad SMARTS) is 1. The summed E-state index contributed by atoms with van der Waals surface area (Å²) in [6.45, 7) is 2.17. The molecular weight excluding hydrogens is 248 g/mol. The van der Waals surface area contributed by atoms with Gasteiger partial charge in [-0.2, -0.15) is 0 Å². The van der Waals surface area contributed by atoms with Crippen molar-refractivity contribution < 1.29 is 19.8 Å². The van der Waals surface area contributed by atoms with E-state index in [1.807, 2.05) is 0 Å². The van der Waals surface area contributed by atoms with Gasteiger partial charge in [0.15, 0.2) is 0 Å². The Balaban J connectivity index is 2.36. The van der Waals surface area contributed by atoms with Crippen molar-refractivity contribution in [3.8, 4) is 0 Å². The number of aliphatic carboxylic acids is 1. The van der Waals surface area contributed by atoms with Crippen molar-refractivity contribution in [2.75, 3.05) is 13.6 Å². The molecule has 0 saturated heterocycles. The maximum Gasteiger partial charge on any atom is 0.317 e. The van der Waals surface area contributed by atoms with Crippen LogP contribution < -0.4 is 5.32 Å². The Morgan fingerprint density at radius 2 is 2.11 bits per heavy atom. The standard InChI is InChI=1S/C13H24N2O4/c1-9(16)6-7-15(2)13(19)14-11-5-3-4-10(8-11)12(17)18/h9-11,16H,3-8H2,1-2H3,(H,14,19)(H,17,18). The van der Waals surface area contributed by atoms with E-state index >= 15 is 0 Å². The van der Waals surface area contributed by atoms with Gasteiger partial charge in [-0.25, -0.2) is 4.79 Å². The third-order valence-electron chi connectivity index (χ3n) is 3.58. The lowest BCUT2D eigenvalue weighted by molar-refractivity contribution is -0.143. The first-order valence-electron chi connectivity index (χ1n) is 6.82. The van der Waals surface area contributed by atoms with Crippen molar-refractivity contribution in [2.45, 2.75) is 51.2 Å². The summed E-state index contributed by atoms with van der Waals surface area (Å²) in [5.41, 5.74) is 0. The van der Waals surface area contributed by atoms with E-state index in [4.69, 9.17) is 5.11 Å². The number of urea groups is 1. The second-order valence-electron chi connectivity index (χ2n) is 5.41. The number of nitrogens with one attached hydrogen (secondary N) is 1. The number of rotatable bonds is 5. The van der Waals surface area contributed by atoms with Crippen LogP contribution in [-0.4, -0.2) is 52.9 Å². The van der Waals surface area contributed by atoms with Crippen LogP contribution in [0.4, 0.5) is 4.79 Å². The maximum atomic E-state index is 11.9. The summed E-state index contributed by atoms with van der Waals surface area (Å²) >= 11 is 0. The van der Waals surface area contributed by atoms with Crippen molar-refractivity contribution >= 4 is 12.0 Å². The molecule has 0 radical (unpaired) electrons. The number of aliphatic hydroxyl groups excluding tert-OH is 1. The molecule has 0 aromatic heterocycles. The van der Waals surface area contributed by atoms with E-state index in [9.17, 15) is 14.7 Å². The van der Waals surface area contributed by atoms with Crippen molar-refractivity contribution in [3.05, 3.63) is 0 Å². The molecule has 2 amide bonds. The first-order chi connectivity index (χ1) is 8.90. The van der Waals surface area contributed by atoms with Crippen molar-refractivity contribution in [3.63, 3.8) is 0 Å². The topological polar surface area (TPSA) is 89.9 Å². The number of aliphatic hydroxyl groups is 1. The van der Waals surface area contributed by atoms with Gasteiger partial charge in [-0.15, -0.1) is 0 Å². The molecule has 0 aliphatic heterocycles. The summed E-state index contributed by atoms with van der Waals surface area (Å²) in [5, 5.41) is 21.0. The summed E-state index contributed by atoms with van der Waals surface area (Å²) in [4.78, 5) is 24.4. The van der Waals surface area contributed by atoms with Gasteiger partial charge >= 0.3 is 12.0 Å². The molecular formula is C13H24N2O4. The normalized spacial score (nSPS) is 24.6. The number of carbonyl (C=O) groups is 2. The van der Waals surface area contributed by atoms with Crippen LogP contribution in [0.1, 0.15) is 39.0 Å². The molecule has 1 rings (SSSR count). The monoisotopic (exact) mass is 272 g/mol. The predicted octanol–water partition coefficient (Wildman–Crippen LogP) is 1.04. The fraction of sp³-hybridized carbons (Fsp3) is 0.846. The Labute approximate surface area is 113 Å². The fourth-order valence-corrected chi connectivity index (χ4v) is 2.31. The molecule has 6 heteroatoms. The molecule has 0 heterocycles. The molecule has 0 aromatic carbocycles. The van der Waals surface area contributed by atoms with E-state index in [-0.39, 0.29) is 18.0 Å². The molecule has 1 aliphatic carbocycles. The number of carboxylic acids is 1. The third kappa shape index (κ3) is 5.46. The van der Waals surface area contributed by atoms with Gasteiger partial charge in [-0.05, 0) is 32.6 Å². The summed E-state index contributed by atoms with van der Waals surface area (Å²) in [6, 6.07) is -0.256. The lowest BCUT2D eigenvalue weighted by Gasteiger charge is -2.29. The van der Waals surface area contributed by atoms with E-state index < -0.39 is 12.1 Å². The molecule has 3 unspecified atom stereocenters. The van der Waals surface area contributed by atoms with Crippen molar-refractivity contribution in [2.24, 2.45) is 5.92 Å². The highest BCUT2D eigenvalue weighted by Gasteiger charge is 2.28. The second-order valence-corrected chi connectivity index (χ2v) is 5.41. The van der Waals surface area contributed by atoms with E-state index in [2.05, 4.69) is 5.32 Å². The average Bonchev–Trinajstić information content (AvgIpc) is 2.36. The molecule has 0 aromatic rings. The second kappa shape index (κ2) is 7.33. The number of hydrogen-bond acceptors (Lipinski definition) is 3. The summed E-state index contributed by atoms with van der Waals surface area (Å²) in [5.74, 6) is -1.12. The van der Waals surface area contributed by atoms with Crippen LogP contribution in [-0.2, 0) is 4.79 Å². The summed E-state index contributed by atoms with van der Waals surface area (Å²) < 4.78 is 0. The highest BCUT2D eigenvalue weighted by atomic mass is 16.4. The van der Waals surface area contributed by atoms with Crippen LogP contribution in [0, 0.1) is 5.92 Å². The van der Waals surface area contributed by atoms with Gasteiger partial charge < -0.3 is 20.4 Å². The van der Waals surface area contributed by atoms with E-state index in [0.717, 1.165) is 12.8 Å². The first kappa shape index (κ1) is 15.8. The van der Waals surface area contributed by atoms with Gasteiger partial charge in [0.1, 0.15) is 0 Å². The maximum absolute atomic E-state index is 11.9. The van der Waals surface area contributed by atoms with Gasteiger partial charge in [0, 0.05) is 19.6 Å². The van der Waals surface area contributed by atoms with Crippen molar-refractivity contribution in [1.29, 1.82) is 0 Å². The summed E-state index contributed by atoms with van der Waals surface area (Å²) in [6.07, 6.45) is 2.97. The molecule has 1 saturated carbocycles. The Kier molecular flexibility index (Phi) is 6.08. The average molecular weight is 272 g/mol. The van der Waals surface area contributed by atoms with E-state index in [0.29, 0.717) is 25.8 Å². The Morgan fingerprint density at radius 3 is 2.68 bits per heavy atom. The molecule has 110 valence electrons. The molecule has 6 nitrogen and oxygen atoms in total. The lowest BCUT2D eigenvalue weighted by atomic mass is 9.86. The molecule has 0 bridgehead atoms. The SMILES string of the molecule is CC(O)CCN(C)C(=O)NC1CCCC(C(=O)O)C1. The minimum atomic E-state index is -0.776. The van der Waals surface area contributed by atoms with Crippen LogP contribution in [0.25, 0.3) is 0 Å². The molecule has 1 fully saturated rings. The molecule has 0 spiro atoms. The number of nitrogens with zero attached hydrogens (tertiary/aromatic N) is 1. The molecule has 1 aliphatic rings. The van der Waals surface area contributed by atoms with Crippen LogP contribution in [0.2, 0.25) is 0 Å². The number of amides is 2. The summed E-state index contributed by atoms with van der Waals surface area (Å²) in [7, 11) is 1.68. The van der Waals surface area contributed by atoms with Gasteiger partial charge in [-0.1, -0.05) is 6.42 Å². The Hall–Kier alpha value is -1.30.